The van der Waals surface area contributed by atoms with Crippen molar-refractivity contribution < 1.29 is 9.13 Å². The van der Waals surface area contributed by atoms with Gasteiger partial charge < -0.3 is 4.74 Å². The molecule has 0 atom stereocenters. The van der Waals surface area contributed by atoms with Crippen LogP contribution in [-0.2, 0) is 11.3 Å². The minimum absolute atomic E-state index is 0.267. The summed E-state index contributed by atoms with van der Waals surface area (Å²) in [7, 11) is 0. The Morgan fingerprint density at radius 3 is 2.63 bits per heavy atom. The summed E-state index contributed by atoms with van der Waals surface area (Å²) >= 11 is 5.99. The van der Waals surface area contributed by atoms with Crippen LogP contribution >= 0.6 is 11.6 Å². The van der Waals surface area contributed by atoms with Crippen molar-refractivity contribution in [1.82, 2.24) is 0 Å². The Kier molecular flexibility index (Phi) is 5.65. The fraction of sp³-hybridized carbons (Fsp3) is 0.625. The van der Waals surface area contributed by atoms with E-state index in [-0.39, 0.29) is 18.5 Å². The molecule has 1 aromatic carbocycles. The van der Waals surface area contributed by atoms with Gasteiger partial charge in [0.1, 0.15) is 5.82 Å². The van der Waals surface area contributed by atoms with Crippen LogP contribution in [0.2, 0.25) is 5.02 Å². The second-order valence-corrected chi connectivity index (χ2v) is 5.85. The largest absolute Gasteiger partial charge is 0.373 e. The quantitative estimate of drug-likeness (QED) is 0.708. The summed E-state index contributed by atoms with van der Waals surface area (Å²) in [6, 6.07) is 4.77. The molecule has 0 aromatic heterocycles. The average molecular weight is 285 g/mol. The van der Waals surface area contributed by atoms with Gasteiger partial charge in [-0.3, -0.25) is 0 Å². The van der Waals surface area contributed by atoms with Gasteiger partial charge in [0.15, 0.2) is 0 Å². The first-order valence-electron chi connectivity index (χ1n) is 7.25. The predicted octanol–water partition coefficient (Wildman–Crippen LogP) is 5.35. The first-order valence-corrected chi connectivity index (χ1v) is 7.63. The van der Waals surface area contributed by atoms with E-state index in [1.54, 1.807) is 12.1 Å². The number of benzene rings is 1. The highest BCUT2D eigenvalue weighted by atomic mass is 35.5. The number of hydrogen-bond donors (Lipinski definition) is 0. The molecule has 0 N–H and O–H groups in total. The van der Waals surface area contributed by atoms with Gasteiger partial charge in [-0.2, -0.15) is 0 Å². The lowest BCUT2D eigenvalue weighted by atomic mass is 9.85. The lowest BCUT2D eigenvalue weighted by molar-refractivity contribution is 0.00521. The molecule has 1 aliphatic rings. The van der Waals surface area contributed by atoms with Gasteiger partial charge in [0.2, 0.25) is 0 Å². The second kappa shape index (κ2) is 7.25. The summed E-state index contributed by atoms with van der Waals surface area (Å²) in [6.45, 7) is 2.53. The topological polar surface area (TPSA) is 9.23 Å². The molecule has 1 aromatic rings. The third kappa shape index (κ3) is 4.19. The molecular formula is C16H22ClFO. The molecule has 0 aliphatic heterocycles. The maximum atomic E-state index is 13.6. The highest BCUT2D eigenvalue weighted by Crippen LogP contribution is 2.30. The fourth-order valence-electron chi connectivity index (χ4n) is 2.87. The van der Waals surface area contributed by atoms with Crippen molar-refractivity contribution in [1.29, 1.82) is 0 Å². The summed E-state index contributed by atoms with van der Waals surface area (Å²) in [5.41, 5.74) is 0.486. The summed E-state index contributed by atoms with van der Waals surface area (Å²) in [5, 5.41) is 0.458. The van der Waals surface area contributed by atoms with E-state index in [4.69, 9.17) is 16.3 Å². The van der Waals surface area contributed by atoms with Crippen LogP contribution in [0.5, 0.6) is 0 Å². The number of hydrogen-bond acceptors (Lipinski definition) is 1. The lowest BCUT2D eigenvalue weighted by Gasteiger charge is -2.28. The summed E-state index contributed by atoms with van der Waals surface area (Å²) in [5.74, 6) is 0.592. The Bertz CT molecular complexity index is 379. The van der Waals surface area contributed by atoms with Gasteiger partial charge in [-0.15, -0.1) is 0 Å². The van der Waals surface area contributed by atoms with Crippen molar-refractivity contribution in [3.8, 4) is 0 Å². The summed E-state index contributed by atoms with van der Waals surface area (Å²) in [4.78, 5) is 0. The van der Waals surface area contributed by atoms with E-state index >= 15 is 0 Å². The smallest absolute Gasteiger partial charge is 0.130 e. The molecule has 0 heterocycles. The Labute approximate surface area is 120 Å². The second-order valence-electron chi connectivity index (χ2n) is 5.44. The Morgan fingerprint density at radius 1 is 1.26 bits per heavy atom. The van der Waals surface area contributed by atoms with Crippen LogP contribution in [0.1, 0.15) is 51.0 Å². The molecule has 106 valence electrons. The van der Waals surface area contributed by atoms with Crippen LogP contribution in [0.25, 0.3) is 0 Å². The van der Waals surface area contributed by atoms with Crippen molar-refractivity contribution in [3.05, 3.63) is 34.6 Å². The molecule has 3 heteroatoms. The molecule has 0 radical (unpaired) electrons. The molecule has 0 bridgehead atoms. The molecular weight excluding hydrogens is 263 g/mol. The fourth-order valence-corrected chi connectivity index (χ4v) is 3.08. The molecule has 1 aliphatic carbocycles. The predicted molar refractivity (Wildman–Crippen MR) is 76.9 cm³/mol. The van der Waals surface area contributed by atoms with Gasteiger partial charge in [0.25, 0.3) is 0 Å². The van der Waals surface area contributed by atoms with Crippen molar-refractivity contribution in [3.63, 3.8) is 0 Å². The van der Waals surface area contributed by atoms with Gasteiger partial charge in [-0.05, 0) is 43.7 Å². The monoisotopic (exact) mass is 284 g/mol. The molecule has 2 rings (SSSR count). The standard InChI is InChI=1S/C16H22ClFO/c1-2-4-12-7-9-13(10-8-12)19-11-14-15(17)5-3-6-16(14)18/h3,5-6,12-13H,2,4,7-11H2,1H3. The van der Waals surface area contributed by atoms with Crippen molar-refractivity contribution in [2.45, 2.75) is 58.2 Å². The molecule has 1 fully saturated rings. The molecule has 0 saturated heterocycles. The van der Waals surface area contributed by atoms with Crippen LogP contribution in [0.15, 0.2) is 18.2 Å². The summed E-state index contributed by atoms with van der Waals surface area (Å²) < 4.78 is 19.4. The minimum Gasteiger partial charge on any atom is -0.373 e. The Hall–Kier alpha value is -0.600. The van der Waals surface area contributed by atoms with E-state index < -0.39 is 0 Å². The van der Waals surface area contributed by atoms with Crippen LogP contribution in [-0.4, -0.2) is 6.10 Å². The average Bonchev–Trinajstić information content (AvgIpc) is 2.40. The molecule has 1 saturated carbocycles. The van der Waals surface area contributed by atoms with E-state index in [9.17, 15) is 4.39 Å². The normalized spacial score (nSPS) is 23.5. The van der Waals surface area contributed by atoms with Crippen LogP contribution < -0.4 is 0 Å². The van der Waals surface area contributed by atoms with Gasteiger partial charge in [0, 0.05) is 10.6 Å². The zero-order chi connectivity index (χ0) is 13.7. The molecule has 0 unspecified atom stereocenters. The van der Waals surface area contributed by atoms with E-state index in [1.165, 1.54) is 31.7 Å². The van der Waals surface area contributed by atoms with Gasteiger partial charge in [-0.1, -0.05) is 37.4 Å². The molecule has 1 nitrogen and oxygen atoms in total. The third-order valence-corrected chi connectivity index (χ3v) is 4.37. The minimum atomic E-state index is -0.271. The number of halogens is 2. The van der Waals surface area contributed by atoms with Gasteiger partial charge >= 0.3 is 0 Å². The number of rotatable bonds is 5. The maximum Gasteiger partial charge on any atom is 0.130 e. The maximum absolute atomic E-state index is 13.6. The van der Waals surface area contributed by atoms with Crippen molar-refractivity contribution in [2.75, 3.05) is 0 Å². The molecule has 19 heavy (non-hydrogen) atoms. The van der Waals surface area contributed by atoms with Crippen molar-refractivity contribution >= 4 is 11.6 Å². The summed E-state index contributed by atoms with van der Waals surface area (Å²) in [6.07, 6.45) is 7.52. The first kappa shape index (κ1) is 14.8. The van der Waals surface area contributed by atoms with E-state index in [2.05, 4.69) is 6.92 Å². The van der Waals surface area contributed by atoms with Gasteiger partial charge in [-0.25, -0.2) is 4.39 Å². The first-order chi connectivity index (χ1) is 9.20. The lowest BCUT2D eigenvalue weighted by Crippen LogP contribution is -2.21. The molecule has 0 spiro atoms. The van der Waals surface area contributed by atoms with E-state index in [1.807, 2.05) is 0 Å². The van der Waals surface area contributed by atoms with Crippen LogP contribution in [0, 0.1) is 11.7 Å². The van der Waals surface area contributed by atoms with Crippen molar-refractivity contribution in [2.24, 2.45) is 5.92 Å². The Morgan fingerprint density at radius 2 is 2.00 bits per heavy atom. The highest BCUT2D eigenvalue weighted by Gasteiger charge is 2.21. The molecule has 0 amide bonds. The van der Waals surface area contributed by atoms with Crippen LogP contribution in [0.4, 0.5) is 4.39 Å². The Balaban J connectivity index is 1.81. The van der Waals surface area contributed by atoms with Gasteiger partial charge in [0.05, 0.1) is 12.7 Å². The van der Waals surface area contributed by atoms with E-state index in [0.717, 1.165) is 18.8 Å². The van der Waals surface area contributed by atoms with Crippen LogP contribution in [0.3, 0.4) is 0 Å². The zero-order valence-corrected chi connectivity index (χ0v) is 12.3. The highest BCUT2D eigenvalue weighted by molar-refractivity contribution is 6.31. The zero-order valence-electron chi connectivity index (χ0n) is 11.5. The number of ether oxygens (including phenoxy) is 1. The third-order valence-electron chi connectivity index (χ3n) is 4.02. The van der Waals surface area contributed by atoms with E-state index in [0.29, 0.717) is 10.6 Å². The SMILES string of the molecule is CCCC1CCC(OCc2c(F)cccc2Cl)CC1.